The van der Waals surface area contributed by atoms with Crippen molar-refractivity contribution in [2.75, 3.05) is 17.9 Å². The first kappa shape index (κ1) is 13.0. The molecule has 1 aliphatic carbocycles. The summed E-state index contributed by atoms with van der Waals surface area (Å²) in [6.07, 6.45) is 3.58. The first-order valence-corrected chi connectivity index (χ1v) is 6.25. The van der Waals surface area contributed by atoms with Crippen molar-refractivity contribution in [2.45, 2.75) is 45.3 Å². The molecule has 1 aromatic rings. The molecule has 4 N–H and O–H groups in total. The zero-order chi connectivity index (χ0) is 13.1. The van der Waals surface area contributed by atoms with E-state index in [9.17, 15) is 0 Å². The lowest BCUT2D eigenvalue weighted by Crippen LogP contribution is -2.20. The summed E-state index contributed by atoms with van der Waals surface area (Å²) in [7, 11) is 1.77. The Bertz CT molecular complexity index is 423. The van der Waals surface area contributed by atoms with Gasteiger partial charge in [0.2, 0.25) is 0 Å². The Hall–Kier alpha value is -1.40. The van der Waals surface area contributed by atoms with Gasteiger partial charge in [-0.15, -0.1) is 0 Å². The van der Waals surface area contributed by atoms with E-state index in [1.54, 1.807) is 7.11 Å². The molecule has 1 heterocycles. The molecule has 6 nitrogen and oxygen atoms in total. The predicted octanol–water partition coefficient (Wildman–Crippen LogP) is 1.36. The van der Waals surface area contributed by atoms with Crippen molar-refractivity contribution in [3.8, 4) is 0 Å². The molecule has 0 saturated heterocycles. The molecular weight excluding hydrogens is 230 g/mol. The Morgan fingerprint density at radius 2 is 1.94 bits per heavy atom. The van der Waals surface area contributed by atoms with Crippen molar-refractivity contribution in [3.63, 3.8) is 0 Å². The number of aromatic nitrogens is 2. The maximum absolute atomic E-state index is 5.45. The quantitative estimate of drug-likeness (QED) is 0.553. The molecule has 0 spiro atoms. The highest BCUT2D eigenvalue weighted by molar-refractivity contribution is 5.57. The molecule has 18 heavy (non-hydrogen) atoms. The Labute approximate surface area is 107 Å². The Morgan fingerprint density at radius 1 is 1.22 bits per heavy atom. The number of nitrogens with one attached hydrogen (secondary N) is 2. The molecule has 100 valence electrons. The molecule has 0 aromatic carbocycles. The predicted molar refractivity (Wildman–Crippen MR) is 71.4 cm³/mol. The summed E-state index contributed by atoms with van der Waals surface area (Å²) in [5, 5.41) is 3.46. The molecule has 6 heteroatoms. The minimum atomic E-state index is 0.359. The van der Waals surface area contributed by atoms with Crippen LogP contribution in [-0.4, -0.2) is 29.2 Å². The number of rotatable bonds is 4. The Kier molecular flexibility index (Phi) is 3.98. The first-order chi connectivity index (χ1) is 8.63. The van der Waals surface area contributed by atoms with Gasteiger partial charge in [-0.2, -0.15) is 0 Å². The van der Waals surface area contributed by atoms with E-state index in [0.717, 1.165) is 30.6 Å². The molecule has 0 radical (unpaired) electrons. The molecule has 0 bridgehead atoms. The third kappa shape index (κ3) is 2.70. The maximum Gasteiger partial charge on any atom is 0.148 e. The summed E-state index contributed by atoms with van der Waals surface area (Å²) in [6, 6.07) is 0.411. The van der Waals surface area contributed by atoms with Crippen molar-refractivity contribution < 1.29 is 4.74 Å². The highest BCUT2D eigenvalue weighted by Gasteiger charge is 2.25. The van der Waals surface area contributed by atoms with E-state index in [-0.39, 0.29) is 0 Å². The minimum Gasteiger partial charge on any atom is -0.381 e. The molecule has 2 atom stereocenters. The van der Waals surface area contributed by atoms with E-state index in [0.29, 0.717) is 23.8 Å². The van der Waals surface area contributed by atoms with Gasteiger partial charge in [0.05, 0.1) is 6.10 Å². The van der Waals surface area contributed by atoms with Crippen molar-refractivity contribution in [2.24, 2.45) is 5.84 Å². The summed E-state index contributed by atoms with van der Waals surface area (Å²) < 4.78 is 5.37. The number of ether oxygens (including phenoxy) is 1. The van der Waals surface area contributed by atoms with Crippen LogP contribution in [0.4, 0.5) is 11.6 Å². The van der Waals surface area contributed by atoms with Gasteiger partial charge in [-0.3, -0.25) is 0 Å². The molecule has 2 rings (SSSR count). The molecule has 1 aromatic heterocycles. The molecule has 1 saturated carbocycles. The van der Waals surface area contributed by atoms with Crippen LogP contribution in [0.25, 0.3) is 0 Å². The maximum atomic E-state index is 5.45. The van der Waals surface area contributed by atoms with Crippen LogP contribution in [0.1, 0.15) is 30.7 Å². The highest BCUT2D eigenvalue weighted by Crippen LogP contribution is 2.27. The number of methoxy groups -OCH3 is 1. The van der Waals surface area contributed by atoms with E-state index in [1.807, 2.05) is 13.8 Å². The van der Waals surface area contributed by atoms with Gasteiger partial charge in [0.15, 0.2) is 0 Å². The monoisotopic (exact) mass is 251 g/mol. The number of anilines is 2. The van der Waals surface area contributed by atoms with Crippen LogP contribution in [0.3, 0.4) is 0 Å². The lowest BCUT2D eigenvalue weighted by Gasteiger charge is -2.17. The number of nitrogen functional groups attached to an aromatic ring is 1. The number of hydrazine groups is 1. The van der Waals surface area contributed by atoms with Gasteiger partial charge in [0, 0.05) is 18.7 Å². The molecular formula is C12H21N5O. The number of nitrogens with zero attached hydrogens (tertiary/aromatic N) is 2. The van der Waals surface area contributed by atoms with Gasteiger partial charge in [-0.1, -0.05) is 0 Å². The molecule has 1 aliphatic rings. The molecule has 0 aliphatic heterocycles. The largest absolute Gasteiger partial charge is 0.381 e. The fourth-order valence-corrected chi connectivity index (χ4v) is 2.39. The SMILES string of the molecule is COC1CCC(Nc2nc(C)nc(NN)c2C)C1. The van der Waals surface area contributed by atoms with Crippen LogP contribution in [-0.2, 0) is 4.74 Å². The summed E-state index contributed by atoms with van der Waals surface area (Å²) in [5.74, 6) is 7.69. The van der Waals surface area contributed by atoms with Gasteiger partial charge < -0.3 is 15.5 Å². The molecule has 0 amide bonds. The topological polar surface area (TPSA) is 85.1 Å². The van der Waals surface area contributed by atoms with Crippen LogP contribution < -0.4 is 16.6 Å². The molecule has 1 fully saturated rings. The van der Waals surface area contributed by atoms with Crippen LogP contribution >= 0.6 is 0 Å². The van der Waals surface area contributed by atoms with Gasteiger partial charge in [-0.05, 0) is 33.1 Å². The zero-order valence-corrected chi connectivity index (χ0v) is 11.2. The van der Waals surface area contributed by atoms with Crippen molar-refractivity contribution in [3.05, 3.63) is 11.4 Å². The normalized spacial score (nSPS) is 23.1. The van der Waals surface area contributed by atoms with Gasteiger partial charge in [-0.25, -0.2) is 15.8 Å². The van der Waals surface area contributed by atoms with Crippen molar-refractivity contribution >= 4 is 11.6 Å². The summed E-state index contributed by atoms with van der Waals surface area (Å²) in [6.45, 7) is 3.82. The molecule has 2 unspecified atom stereocenters. The van der Waals surface area contributed by atoms with Crippen LogP contribution in [0.5, 0.6) is 0 Å². The fraction of sp³-hybridized carbons (Fsp3) is 0.667. The second-order valence-corrected chi connectivity index (χ2v) is 4.75. The van der Waals surface area contributed by atoms with Crippen LogP contribution in [0.2, 0.25) is 0 Å². The van der Waals surface area contributed by atoms with Gasteiger partial charge in [0.25, 0.3) is 0 Å². The van der Waals surface area contributed by atoms with Crippen molar-refractivity contribution in [1.29, 1.82) is 0 Å². The van der Waals surface area contributed by atoms with Gasteiger partial charge >= 0.3 is 0 Å². The smallest absolute Gasteiger partial charge is 0.148 e. The zero-order valence-electron chi connectivity index (χ0n) is 11.2. The van der Waals surface area contributed by atoms with E-state index >= 15 is 0 Å². The Balaban J connectivity index is 2.12. The van der Waals surface area contributed by atoms with E-state index in [4.69, 9.17) is 10.6 Å². The Morgan fingerprint density at radius 3 is 2.56 bits per heavy atom. The third-order valence-electron chi connectivity index (χ3n) is 3.45. The average Bonchev–Trinajstić information content (AvgIpc) is 2.81. The highest BCUT2D eigenvalue weighted by atomic mass is 16.5. The minimum absolute atomic E-state index is 0.359. The third-order valence-corrected chi connectivity index (χ3v) is 3.45. The van der Waals surface area contributed by atoms with E-state index in [2.05, 4.69) is 20.7 Å². The second kappa shape index (κ2) is 5.49. The van der Waals surface area contributed by atoms with E-state index < -0.39 is 0 Å². The van der Waals surface area contributed by atoms with Crippen molar-refractivity contribution in [1.82, 2.24) is 9.97 Å². The van der Waals surface area contributed by atoms with E-state index in [1.165, 1.54) is 0 Å². The number of hydrogen-bond acceptors (Lipinski definition) is 6. The van der Waals surface area contributed by atoms with Gasteiger partial charge in [0.1, 0.15) is 17.5 Å². The van der Waals surface area contributed by atoms with Crippen LogP contribution in [0, 0.1) is 13.8 Å². The number of hydrogen-bond donors (Lipinski definition) is 3. The lowest BCUT2D eigenvalue weighted by atomic mass is 10.2. The second-order valence-electron chi connectivity index (χ2n) is 4.75. The number of nitrogens with two attached hydrogens (primary N) is 1. The fourth-order valence-electron chi connectivity index (χ4n) is 2.39. The summed E-state index contributed by atoms with van der Waals surface area (Å²) in [4.78, 5) is 8.68. The first-order valence-electron chi connectivity index (χ1n) is 6.25. The average molecular weight is 251 g/mol. The lowest BCUT2D eigenvalue weighted by molar-refractivity contribution is 0.108. The summed E-state index contributed by atoms with van der Waals surface area (Å²) in [5.41, 5.74) is 3.55. The van der Waals surface area contributed by atoms with Crippen LogP contribution in [0.15, 0.2) is 0 Å². The summed E-state index contributed by atoms with van der Waals surface area (Å²) >= 11 is 0. The standard InChI is InChI=1S/C12H21N5O/c1-7-11(14-8(2)15-12(7)17-13)16-9-4-5-10(6-9)18-3/h9-10H,4-6,13H2,1-3H3,(H2,14,15,16,17). The number of aryl methyl sites for hydroxylation is 1.